The highest BCUT2D eigenvalue weighted by Gasteiger charge is 2.12. The minimum atomic E-state index is -0.525. The van der Waals surface area contributed by atoms with Crippen molar-refractivity contribution >= 4 is 28.9 Å². The summed E-state index contributed by atoms with van der Waals surface area (Å²) in [6, 6.07) is 4.89. The largest absolute Gasteiger partial charge is 0.397 e. The Kier molecular flexibility index (Phi) is 3.94. The van der Waals surface area contributed by atoms with Gasteiger partial charge in [-0.1, -0.05) is 11.6 Å². The number of carbonyl (C=O) groups excluding carboxylic acids is 1. The molecule has 0 radical (unpaired) electrons. The Hall–Kier alpha value is -1.26. The van der Waals surface area contributed by atoms with E-state index in [2.05, 4.69) is 5.32 Å². The molecule has 1 amide bonds. The first kappa shape index (κ1) is 11.8. The number of anilines is 2. The number of hydrogen-bond acceptors (Lipinski definition) is 3. The van der Waals surface area contributed by atoms with Gasteiger partial charge in [0.2, 0.25) is 0 Å². The predicted octanol–water partition coefficient (Wildman–Crippen LogP) is 1.90. The molecule has 0 aliphatic carbocycles. The van der Waals surface area contributed by atoms with Crippen LogP contribution in [0, 0.1) is 0 Å². The fourth-order valence-electron chi connectivity index (χ4n) is 0.978. The molecule has 0 saturated heterocycles. The molecule has 4 nitrogen and oxygen atoms in total. The van der Waals surface area contributed by atoms with Gasteiger partial charge in [0.1, 0.15) is 6.10 Å². The Labute approximate surface area is 93.4 Å². The zero-order valence-corrected chi connectivity index (χ0v) is 9.34. The summed E-state index contributed by atoms with van der Waals surface area (Å²) in [5.74, 6) is -0.258. The third-order valence-corrected chi connectivity index (χ3v) is 2.23. The van der Waals surface area contributed by atoms with Gasteiger partial charge in [-0.2, -0.15) is 0 Å². The summed E-state index contributed by atoms with van der Waals surface area (Å²) < 4.78 is 4.87. The summed E-state index contributed by atoms with van der Waals surface area (Å²) in [6.07, 6.45) is -0.525. The number of nitrogens with one attached hydrogen (secondary N) is 1. The van der Waals surface area contributed by atoms with E-state index in [1.54, 1.807) is 25.1 Å². The number of rotatable bonds is 3. The summed E-state index contributed by atoms with van der Waals surface area (Å²) in [7, 11) is 1.46. The first-order valence-corrected chi connectivity index (χ1v) is 4.81. The Morgan fingerprint density at radius 3 is 2.87 bits per heavy atom. The molecule has 0 spiro atoms. The average Bonchev–Trinajstić information content (AvgIpc) is 2.22. The third-order valence-electron chi connectivity index (χ3n) is 2.00. The van der Waals surface area contributed by atoms with Crippen molar-refractivity contribution in [3.8, 4) is 0 Å². The molecule has 1 aromatic rings. The van der Waals surface area contributed by atoms with E-state index in [9.17, 15) is 4.79 Å². The van der Waals surface area contributed by atoms with E-state index in [0.717, 1.165) is 0 Å². The number of hydrogen-bond donors (Lipinski definition) is 2. The average molecular weight is 229 g/mol. The van der Waals surface area contributed by atoms with Gasteiger partial charge >= 0.3 is 0 Å². The number of nitrogens with two attached hydrogens (primary N) is 1. The first-order chi connectivity index (χ1) is 7.04. The monoisotopic (exact) mass is 228 g/mol. The molecule has 1 atom stereocenters. The number of methoxy groups -OCH3 is 1. The highest BCUT2D eigenvalue weighted by molar-refractivity contribution is 6.31. The highest BCUT2D eigenvalue weighted by atomic mass is 35.5. The van der Waals surface area contributed by atoms with E-state index in [4.69, 9.17) is 22.1 Å². The minimum Gasteiger partial charge on any atom is -0.397 e. The van der Waals surface area contributed by atoms with Crippen LogP contribution in [-0.2, 0) is 9.53 Å². The maximum absolute atomic E-state index is 11.5. The Morgan fingerprint density at radius 2 is 2.27 bits per heavy atom. The molecule has 1 rings (SSSR count). The van der Waals surface area contributed by atoms with Gasteiger partial charge in [-0.15, -0.1) is 0 Å². The normalized spacial score (nSPS) is 12.2. The molecule has 0 aromatic heterocycles. The van der Waals surface area contributed by atoms with Crippen molar-refractivity contribution in [1.29, 1.82) is 0 Å². The van der Waals surface area contributed by atoms with Crippen LogP contribution in [0.1, 0.15) is 6.92 Å². The fraction of sp³-hybridized carbons (Fsp3) is 0.300. The lowest BCUT2D eigenvalue weighted by Crippen LogP contribution is -2.26. The summed E-state index contributed by atoms with van der Waals surface area (Å²) in [5, 5.41) is 3.15. The number of amides is 1. The lowest BCUT2D eigenvalue weighted by molar-refractivity contribution is -0.124. The van der Waals surface area contributed by atoms with Crippen LogP contribution in [0.3, 0.4) is 0 Å². The Bertz CT molecular complexity index is 368. The zero-order valence-electron chi connectivity index (χ0n) is 8.58. The number of nitrogen functional groups attached to an aromatic ring is 1. The van der Waals surface area contributed by atoms with Gasteiger partial charge in [0.05, 0.1) is 11.4 Å². The minimum absolute atomic E-state index is 0.258. The van der Waals surface area contributed by atoms with Crippen LogP contribution in [0.2, 0.25) is 5.02 Å². The van der Waals surface area contributed by atoms with E-state index >= 15 is 0 Å². The van der Waals surface area contributed by atoms with E-state index in [1.807, 2.05) is 0 Å². The van der Waals surface area contributed by atoms with Crippen LogP contribution in [0.5, 0.6) is 0 Å². The maximum atomic E-state index is 11.5. The predicted molar refractivity (Wildman–Crippen MR) is 61.0 cm³/mol. The van der Waals surface area contributed by atoms with E-state index in [0.29, 0.717) is 16.4 Å². The van der Waals surface area contributed by atoms with Crippen LogP contribution in [-0.4, -0.2) is 19.1 Å². The topological polar surface area (TPSA) is 64.3 Å². The first-order valence-electron chi connectivity index (χ1n) is 4.43. The molecule has 0 heterocycles. The van der Waals surface area contributed by atoms with Crippen LogP contribution >= 0.6 is 11.6 Å². The number of halogens is 1. The van der Waals surface area contributed by atoms with Gasteiger partial charge in [0.25, 0.3) is 5.91 Å². The van der Waals surface area contributed by atoms with Gasteiger partial charge in [-0.25, -0.2) is 0 Å². The van der Waals surface area contributed by atoms with Crippen molar-refractivity contribution in [2.75, 3.05) is 18.2 Å². The Balaban J connectivity index is 2.80. The number of ether oxygens (including phenoxy) is 1. The van der Waals surface area contributed by atoms with Gasteiger partial charge < -0.3 is 15.8 Å². The van der Waals surface area contributed by atoms with Crippen molar-refractivity contribution in [1.82, 2.24) is 0 Å². The molecule has 82 valence electrons. The molecule has 1 unspecified atom stereocenters. The van der Waals surface area contributed by atoms with Crippen molar-refractivity contribution < 1.29 is 9.53 Å². The van der Waals surface area contributed by atoms with Crippen molar-refractivity contribution in [2.24, 2.45) is 0 Å². The van der Waals surface area contributed by atoms with Crippen LogP contribution in [0.25, 0.3) is 0 Å². The van der Waals surface area contributed by atoms with Gasteiger partial charge in [-0.05, 0) is 25.1 Å². The summed E-state index contributed by atoms with van der Waals surface area (Å²) in [4.78, 5) is 11.5. The van der Waals surface area contributed by atoms with Crippen LogP contribution in [0.4, 0.5) is 11.4 Å². The highest BCUT2D eigenvalue weighted by Crippen LogP contribution is 2.22. The van der Waals surface area contributed by atoms with Gasteiger partial charge in [-0.3, -0.25) is 4.79 Å². The number of carbonyl (C=O) groups is 1. The molecular formula is C10H13ClN2O2. The summed E-state index contributed by atoms with van der Waals surface area (Å²) in [6.45, 7) is 1.65. The molecule has 15 heavy (non-hydrogen) atoms. The zero-order chi connectivity index (χ0) is 11.4. The fourth-order valence-corrected chi connectivity index (χ4v) is 1.15. The van der Waals surface area contributed by atoms with Crippen molar-refractivity contribution in [2.45, 2.75) is 13.0 Å². The smallest absolute Gasteiger partial charge is 0.253 e. The third kappa shape index (κ3) is 3.11. The van der Waals surface area contributed by atoms with E-state index in [-0.39, 0.29) is 5.91 Å². The van der Waals surface area contributed by atoms with Gasteiger partial charge in [0, 0.05) is 12.1 Å². The summed E-state index contributed by atoms with van der Waals surface area (Å²) in [5.41, 5.74) is 6.63. The second-order valence-corrected chi connectivity index (χ2v) is 3.54. The molecule has 0 aliphatic heterocycles. The maximum Gasteiger partial charge on any atom is 0.253 e. The van der Waals surface area contributed by atoms with Crippen molar-refractivity contribution in [3.05, 3.63) is 23.2 Å². The molecule has 3 N–H and O–H groups in total. The van der Waals surface area contributed by atoms with E-state index < -0.39 is 6.10 Å². The molecule has 1 aromatic carbocycles. The number of benzene rings is 1. The molecule has 0 aliphatic rings. The van der Waals surface area contributed by atoms with Crippen molar-refractivity contribution in [3.63, 3.8) is 0 Å². The molecule has 0 fully saturated rings. The standard InChI is InChI=1S/C10H13ClN2O2/c1-6(15-2)10(14)13-9-5-7(11)3-4-8(9)12/h3-6H,12H2,1-2H3,(H,13,14). The molecule has 0 bridgehead atoms. The van der Waals surface area contributed by atoms with E-state index in [1.165, 1.54) is 7.11 Å². The van der Waals surface area contributed by atoms with Crippen LogP contribution in [0.15, 0.2) is 18.2 Å². The SMILES string of the molecule is COC(C)C(=O)Nc1cc(Cl)ccc1N. The Morgan fingerprint density at radius 1 is 1.60 bits per heavy atom. The molecule has 0 saturated carbocycles. The quantitative estimate of drug-likeness (QED) is 0.777. The second-order valence-electron chi connectivity index (χ2n) is 3.10. The second kappa shape index (κ2) is 5.00. The molecular weight excluding hydrogens is 216 g/mol. The molecule has 5 heteroatoms. The lowest BCUT2D eigenvalue weighted by atomic mass is 10.2. The summed E-state index contributed by atoms with van der Waals surface area (Å²) >= 11 is 5.78. The van der Waals surface area contributed by atoms with Gasteiger partial charge in [0.15, 0.2) is 0 Å². The van der Waals surface area contributed by atoms with Crippen LogP contribution < -0.4 is 11.1 Å². The lowest BCUT2D eigenvalue weighted by Gasteiger charge is -2.12.